The number of piperazine rings is 1. The van der Waals surface area contributed by atoms with Crippen LogP contribution in [0.15, 0.2) is 18.7 Å². The average Bonchev–Trinajstić information content (AvgIpc) is 3.94. The van der Waals surface area contributed by atoms with Crippen LogP contribution < -0.4 is 24.7 Å². The fourth-order valence-corrected chi connectivity index (χ4v) is 9.26. The molecular formula is C48H64ClF2N7O8S. The number of amides is 2. The Morgan fingerprint density at radius 2 is 1.61 bits per heavy atom. The van der Waals surface area contributed by atoms with Gasteiger partial charge in [0.1, 0.15) is 45.0 Å². The number of fused-ring (bicyclic) bond motifs is 3. The Hall–Kier alpha value is -5.09. The predicted octanol–water partition coefficient (Wildman–Crippen LogP) is 8.61. The minimum absolute atomic E-state index is 0.00115. The standard InChI is InChI=1S/C34H37ClF2N6O5S.C14H27NO3/c1-9-24(36)27-19(22(14-38)29(49-27)41-31(44)47-33(2,3)4)12-20-23(35)13-21-26(25(20)37)39-30(46-8)40-28(21)42-15-17-10-11-18(16-42)43(17)32(45)48-34(5,6)7;1-14(2,3)18-13(16)7-12-17-11-6-10-15-8-4-5-9-15/h9,12-13,17-18H,1,10-11,15-16H2,2-8H3,(H,41,44);4-12H2,1-3H3/b19-12+,27-24-;. The van der Waals surface area contributed by atoms with Crippen molar-refractivity contribution in [2.24, 2.45) is 0 Å². The van der Waals surface area contributed by atoms with E-state index in [1.54, 1.807) is 25.7 Å². The lowest BCUT2D eigenvalue weighted by atomic mass is 10.1. The molecule has 0 saturated carbocycles. The van der Waals surface area contributed by atoms with Gasteiger partial charge in [-0.2, -0.15) is 15.2 Å². The molecule has 2 amide bonds. The summed E-state index contributed by atoms with van der Waals surface area (Å²) >= 11 is 7.50. The lowest BCUT2D eigenvalue weighted by molar-refractivity contribution is -0.156. The zero-order chi connectivity index (χ0) is 49.4. The topological polar surface area (TPSA) is 169 Å². The van der Waals surface area contributed by atoms with Gasteiger partial charge in [0.05, 0.1) is 47.3 Å². The largest absolute Gasteiger partial charge is 0.467 e. The first-order valence-corrected chi connectivity index (χ1v) is 23.7. The van der Waals surface area contributed by atoms with Crippen LogP contribution >= 0.6 is 22.9 Å². The van der Waals surface area contributed by atoms with E-state index in [1.165, 1.54) is 45.2 Å². The molecule has 2 aromatic heterocycles. The molecule has 2 atom stereocenters. The number of carbonyl (C=O) groups is 3. The first-order valence-electron chi connectivity index (χ1n) is 22.5. The zero-order valence-corrected chi connectivity index (χ0v) is 41.9. The zero-order valence-electron chi connectivity index (χ0n) is 40.3. The Kier molecular flexibility index (Phi) is 17.6. The highest BCUT2D eigenvalue weighted by molar-refractivity contribution is 7.14. The van der Waals surface area contributed by atoms with Crippen molar-refractivity contribution in [3.63, 3.8) is 0 Å². The summed E-state index contributed by atoms with van der Waals surface area (Å²) in [4.78, 5) is 52.0. The number of thiophene rings is 1. The molecule has 0 spiro atoms. The molecular weight excluding hydrogens is 908 g/mol. The van der Waals surface area contributed by atoms with Crippen molar-refractivity contribution < 1.29 is 46.8 Å². The molecule has 6 rings (SSSR count). The van der Waals surface area contributed by atoms with Crippen molar-refractivity contribution in [3.8, 4) is 12.1 Å². The maximum absolute atomic E-state index is 16.6. The number of rotatable bonds is 12. The molecule has 366 valence electrons. The molecule has 3 aliphatic heterocycles. The Morgan fingerprint density at radius 1 is 0.985 bits per heavy atom. The number of aromatic nitrogens is 2. The Bertz CT molecular complexity index is 2460. The highest BCUT2D eigenvalue weighted by atomic mass is 35.5. The highest BCUT2D eigenvalue weighted by Crippen LogP contribution is 2.39. The number of likely N-dealkylation sites (tertiary alicyclic amines) is 1. The summed E-state index contributed by atoms with van der Waals surface area (Å²) in [6.07, 6.45) is 6.55. The second-order valence-electron chi connectivity index (χ2n) is 19.5. The van der Waals surface area contributed by atoms with Crippen LogP contribution in [-0.4, -0.2) is 120 Å². The third-order valence-corrected chi connectivity index (χ3v) is 12.1. The van der Waals surface area contributed by atoms with E-state index < -0.39 is 34.5 Å². The summed E-state index contributed by atoms with van der Waals surface area (Å²) < 4.78 is 58.6. The van der Waals surface area contributed by atoms with Gasteiger partial charge in [-0.15, -0.1) is 11.3 Å². The molecule has 0 radical (unpaired) electrons. The summed E-state index contributed by atoms with van der Waals surface area (Å²) in [5.74, 6) is -1.46. The first kappa shape index (κ1) is 52.9. The Morgan fingerprint density at radius 3 is 2.18 bits per heavy atom. The van der Waals surface area contributed by atoms with Gasteiger partial charge >= 0.3 is 24.2 Å². The number of esters is 1. The molecule has 3 saturated heterocycles. The normalized spacial score (nSPS) is 18.2. The monoisotopic (exact) mass is 971 g/mol. The molecule has 1 N–H and O–H groups in total. The second-order valence-corrected chi connectivity index (χ2v) is 21.0. The molecule has 67 heavy (non-hydrogen) atoms. The average molecular weight is 973 g/mol. The van der Waals surface area contributed by atoms with Gasteiger partial charge in [0.2, 0.25) is 0 Å². The number of hydrogen-bond donors (Lipinski definition) is 1. The van der Waals surface area contributed by atoms with Crippen LogP contribution in [0, 0.1) is 17.1 Å². The number of nitrogens with one attached hydrogen (secondary N) is 1. The number of anilines is 2. The summed E-state index contributed by atoms with van der Waals surface area (Å²) in [6, 6.07) is 3.08. The van der Waals surface area contributed by atoms with E-state index in [-0.39, 0.29) is 66.6 Å². The Labute approximate surface area is 400 Å². The minimum atomic E-state index is -0.860. The molecule has 15 nitrogen and oxygen atoms in total. The van der Waals surface area contributed by atoms with Crippen LogP contribution in [0.25, 0.3) is 22.8 Å². The third-order valence-electron chi connectivity index (χ3n) is 10.6. The number of ether oxygens (including phenoxy) is 5. The molecule has 1 aromatic carbocycles. The summed E-state index contributed by atoms with van der Waals surface area (Å²) in [6.45, 7) is 25.2. The first-order chi connectivity index (χ1) is 31.4. The minimum Gasteiger partial charge on any atom is -0.467 e. The number of methoxy groups -OCH3 is 1. The van der Waals surface area contributed by atoms with Gasteiger partial charge in [0, 0.05) is 42.4 Å². The van der Waals surface area contributed by atoms with Crippen LogP contribution in [0.1, 0.15) is 112 Å². The lowest BCUT2D eigenvalue weighted by Crippen LogP contribution is -2.57. The van der Waals surface area contributed by atoms with Crippen LogP contribution in [0.4, 0.5) is 29.2 Å². The second kappa shape index (κ2) is 22.3. The smallest absolute Gasteiger partial charge is 0.412 e. The van der Waals surface area contributed by atoms with E-state index in [9.17, 15) is 19.6 Å². The number of nitrogens with zero attached hydrogens (tertiary/aromatic N) is 6. The number of benzene rings is 1. The number of nitriles is 1. The van der Waals surface area contributed by atoms with Crippen molar-refractivity contribution in [3.05, 3.63) is 50.4 Å². The fraction of sp³-hybridized carbons (Fsp3) is 0.583. The van der Waals surface area contributed by atoms with Gasteiger partial charge in [-0.3, -0.25) is 15.0 Å². The van der Waals surface area contributed by atoms with Gasteiger partial charge < -0.3 is 33.5 Å². The van der Waals surface area contributed by atoms with Gasteiger partial charge in [-0.05, 0) is 126 Å². The van der Waals surface area contributed by atoms with Crippen molar-refractivity contribution >= 4 is 74.7 Å². The number of allylic oxidation sites excluding steroid dienone is 1. The summed E-state index contributed by atoms with van der Waals surface area (Å²) in [5, 5.41) is 12.8. The molecule has 3 fully saturated rings. The highest BCUT2D eigenvalue weighted by Gasteiger charge is 2.45. The van der Waals surface area contributed by atoms with Crippen LogP contribution in [-0.2, 0) is 23.7 Å². The molecule has 19 heteroatoms. The van der Waals surface area contributed by atoms with E-state index in [4.69, 9.17) is 35.3 Å². The van der Waals surface area contributed by atoms with Crippen molar-refractivity contribution in [2.45, 2.75) is 130 Å². The van der Waals surface area contributed by atoms with E-state index in [1.807, 2.05) is 52.5 Å². The summed E-state index contributed by atoms with van der Waals surface area (Å²) in [5.41, 5.74) is -2.29. The maximum atomic E-state index is 16.6. The van der Waals surface area contributed by atoms with E-state index >= 15 is 8.78 Å². The van der Waals surface area contributed by atoms with Crippen molar-refractivity contribution in [1.82, 2.24) is 19.8 Å². The van der Waals surface area contributed by atoms with Gasteiger partial charge in [0.25, 0.3) is 0 Å². The van der Waals surface area contributed by atoms with E-state index in [0.29, 0.717) is 37.3 Å². The molecule has 2 bridgehead atoms. The molecule has 2 unspecified atom stereocenters. The van der Waals surface area contributed by atoms with Crippen LogP contribution in [0.2, 0.25) is 5.02 Å². The van der Waals surface area contributed by atoms with Crippen LogP contribution in [0.3, 0.4) is 0 Å². The van der Waals surface area contributed by atoms with Gasteiger partial charge in [0.15, 0.2) is 5.82 Å². The van der Waals surface area contributed by atoms with Gasteiger partial charge in [-0.25, -0.2) is 18.4 Å². The fourth-order valence-electron chi connectivity index (χ4n) is 7.97. The van der Waals surface area contributed by atoms with E-state index in [0.717, 1.165) is 49.8 Å². The number of halogens is 3. The number of carbonyl (C=O) groups excluding carboxylic acids is 3. The lowest BCUT2D eigenvalue weighted by Gasteiger charge is -2.42. The number of hydrogen-bond acceptors (Lipinski definition) is 14. The molecule has 3 aromatic rings. The predicted molar refractivity (Wildman–Crippen MR) is 256 cm³/mol. The Balaban J connectivity index is 0.000000392. The third kappa shape index (κ3) is 14.5. The molecule has 3 aliphatic rings. The van der Waals surface area contributed by atoms with Gasteiger partial charge in [-0.1, -0.05) is 18.2 Å². The summed E-state index contributed by atoms with van der Waals surface area (Å²) in [7, 11) is 1.36. The maximum Gasteiger partial charge on any atom is 0.412 e. The van der Waals surface area contributed by atoms with Crippen molar-refractivity contribution in [2.75, 3.05) is 63.3 Å². The van der Waals surface area contributed by atoms with Crippen molar-refractivity contribution in [1.29, 1.82) is 5.26 Å². The quantitative estimate of drug-likeness (QED) is 0.104. The van der Waals surface area contributed by atoms with E-state index in [2.05, 4.69) is 26.8 Å². The molecule has 0 aliphatic carbocycles. The molecule has 5 heterocycles. The SMILES string of the molecule is C=C/C(F)=c1/sc(NC(=O)OC(C)(C)C)c(C#N)/c1=C\c1c(Cl)cc2c(N3CC4CCC(C3)N4C(=O)OC(C)(C)C)nc(OC)nc2c1F.CC(C)(C)OC(=O)CCOCCCN1CCCC1. The van der Waals surface area contributed by atoms with Crippen LogP contribution in [0.5, 0.6) is 6.01 Å².